The van der Waals surface area contributed by atoms with E-state index in [0.717, 1.165) is 44.8 Å². The smallest absolute Gasteiger partial charge is 0.245 e. The molecule has 50 heavy (non-hydrogen) atoms. The lowest BCUT2D eigenvalue weighted by molar-refractivity contribution is -0.137. The van der Waals surface area contributed by atoms with Crippen molar-refractivity contribution in [3.63, 3.8) is 0 Å². The molecule has 0 radical (unpaired) electrons. The van der Waals surface area contributed by atoms with Gasteiger partial charge in [0.05, 0.1) is 6.04 Å². The Morgan fingerprint density at radius 2 is 1.48 bits per heavy atom. The highest BCUT2D eigenvalue weighted by atomic mass is 35.5. The average Bonchev–Trinajstić information content (AvgIpc) is 3.14. The number of piperazine rings is 1. The van der Waals surface area contributed by atoms with Crippen LogP contribution in [0, 0.1) is 0 Å². The van der Waals surface area contributed by atoms with E-state index < -0.39 is 12.1 Å². The van der Waals surface area contributed by atoms with Crippen LogP contribution in [-0.2, 0) is 42.1 Å². The Bertz CT molecular complexity index is 1710. The van der Waals surface area contributed by atoms with E-state index in [-0.39, 0.29) is 11.8 Å². The first-order chi connectivity index (χ1) is 24.3. The molecule has 4 aromatic rings. The molecule has 0 unspecified atom stereocenters. The minimum Gasteiger partial charge on any atom is -0.368 e. The molecule has 1 fully saturated rings. The predicted molar refractivity (Wildman–Crippen MR) is 202 cm³/mol. The van der Waals surface area contributed by atoms with Crippen molar-refractivity contribution in [2.24, 2.45) is 0 Å². The van der Waals surface area contributed by atoms with Gasteiger partial charge in [0.15, 0.2) is 0 Å². The second-order valence-electron chi connectivity index (χ2n) is 13.7. The maximum atomic E-state index is 14.2. The van der Waals surface area contributed by atoms with Gasteiger partial charge >= 0.3 is 0 Å². The van der Waals surface area contributed by atoms with Crippen LogP contribution in [-0.4, -0.2) is 92.0 Å². The van der Waals surface area contributed by atoms with Gasteiger partial charge in [-0.25, -0.2) is 0 Å². The summed E-state index contributed by atoms with van der Waals surface area (Å²) in [5.41, 5.74) is 7.15. The van der Waals surface area contributed by atoms with Gasteiger partial charge in [0, 0.05) is 76.0 Å². The maximum absolute atomic E-state index is 14.2. The van der Waals surface area contributed by atoms with Crippen molar-refractivity contribution in [3.05, 3.63) is 136 Å². The molecular weight excluding hydrogens is 644 g/mol. The highest BCUT2D eigenvalue weighted by Gasteiger charge is 2.32. The number of halogens is 1. The Balaban J connectivity index is 1.12. The van der Waals surface area contributed by atoms with Gasteiger partial charge in [-0.3, -0.25) is 14.5 Å². The molecule has 0 spiro atoms. The zero-order valence-corrected chi connectivity index (χ0v) is 30.0. The lowest BCUT2D eigenvalue weighted by Crippen LogP contribution is -2.58. The Hall–Kier alpha value is -4.21. The molecule has 4 aromatic carbocycles. The van der Waals surface area contributed by atoms with E-state index in [9.17, 15) is 9.59 Å². The first kappa shape index (κ1) is 35.6. The molecule has 2 aliphatic rings. The first-order valence-corrected chi connectivity index (χ1v) is 18.1. The summed E-state index contributed by atoms with van der Waals surface area (Å²) in [6.45, 7) is 6.92. The van der Waals surface area contributed by atoms with Crippen LogP contribution in [0.15, 0.2) is 103 Å². The van der Waals surface area contributed by atoms with Crippen LogP contribution in [0.3, 0.4) is 0 Å². The quantitative estimate of drug-likeness (QED) is 0.206. The van der Waals surface area contributed by atoms with Gasteiger partial charge in [0.1, 0.15) is 6.04 Å². The van der Waals surface area contributed by atoms with Gasteiger partial charge in [-0.2, -0.15) is 0 Å². The number of nitrogens with one attached hydrogen (secondary N) is 2. The Morgan fingerprint density at radius 1 is 0.800 bits per heavy atom. The lowest BCUT2D eigenvalue weighted by Gasteiger charge is -2.39. The summed E-state index contributed by atoms with van der Waals surface area (Å²) in [5, 5.41) is 7.16. The topological polar surface area (TPSA) is 71.2 Å². The van der Waals surface area contributed by atoms with E-state index in [2.05, 4.69) is 106 Å². The molecule has 2 amide bonds. The average molecular weight is 693 g/mol. The molecule has 2 atom stereocenters. The summed E-state index contributed by atoms with van der Waals surface area (Å²) in [5.74, 6) is -0.191. The molecule has 8 nitrogen and oxygen atoms in total. The van der Waals surface area contributed by atoms with E-state index in [4.69, 9.17) is 11.6 Å². The van der Waals surface area contributed by atoms with Crippen molar-refractivity contribution in [1.82, 2.24) is 25.3 Å². The summed E-state index contributed by atoms with van der Waals surface area (Å²) in [7, 11) is 4.24. The standard InChI is InChI=1S/C41H49ClN6O2/c1-45(2)20-21-46(29-32-10-4-3-5-11-32)30-35-14-8-9-15-39(35)47-22-24-48(25-23-47)41(50)38(26-31-16-18-36(42)19-17-31)44-40(49)37-27-33-12-6-7-13-34(33)28-43-37/h3-19,37-38,43H,20-30H2,1-2H3,(H,44,49)/t37-,38-/m1/s1. The highest BCUT2D eigenvalue weighted by molar-refractivity contribution is 6.30. The lowest BCUT2D eigenvalue weighted by atomic mass is 9.95. The number of likely N-dealkylation sites (N-methyl/N-ethyl adjacent to an activating group) is 1. The summed E-state index contributed by atoms with van der Waals surface area (Å²) in [6.07, 6.45) is 0.998. The highest BCUT2D eigenvalue weighted by Crippen LogP contribution is 2.25. The second kappa shape index (κ2) is 17.1. The third-order valence-electron chi connectivity index (χ3n) is 9.80. The Morgan fingerprint density at radius 3 is 2.22 bits per heavy atom. The summed E-state index contributed by atoms with van der Waals surface area (Å²) >= 11 is 6.16. The van der Waals surface area contributed by atoms with E-state index in [1.54, 1.807) is 0 Å². The second-order valence-corrected chi connectivity index (χ2v) is 14.2. The maximum Gasteiger partial charge on any atom is 0.245 e. The van der Waals surface area contributed by atoms with E-state index in [1.165, 1.54) is 27.9 Å². The van der Waals surface area contributed by atoms with Crippen LogP contribution in [0.25, 0.3) is 0 Å². The number of nitrogens with zero attached hydrogens (tertiary/aromatic N) is 4. The number of anilines is 1. The van der Waals surface area contributed by atoms with Crippen molar-refractivity contribution in [1.29, 1.82) is 0 Å². The molecular formula is C41H49ClN6O2. The molecule has 9 heteroatoms. The minimum atomic E-state index is -0.676. The van der Waals surface area contributed by atoms with Gasteiger partial charge in [0.25, 0.3) is 0 Å². The van der Waals surface area contributed by atoms with Gasteiger partial charge in [-0.1, -0.05) is 96.5 Å². The Kier molecular flexibility index (Phi) is 12.2. The van der Waals surface area contributed by atoms with E-state index >= 15 is 0 Å². The molecule has 6 rings (SSSR count). The zero-order valence-electron chi connectivity index (χ0n) is 29.2. The molecule has 0 aromatic heterocycles. The van der Waals surface area contributed by atoms with Gasteiger partial charge < -0.3 is 25.3 Å². The van der Waals surface area contributed by atoms with Crippen molar-refractivity contribution < 1.29 is 9.59 Å². The number of rotatable bonds is 13. The number of hydrogen-bond donors (Lipinski definition) is 2. The van der Waals surface area contributed by atoms with Crippen molar-refractivity contribution in [2.75, 3.05) is 58.3 Å². The van der Waals surface area contributed by atoms with Gasteiger partial charge in [-0.15, -0.1) is 0 Å². The van der Waals surface area contributed by atoms with Crippen LogP contribution in [0.4, 0.5) is 5.69 Å². The fourth-order valence-electron chi connectivity index (χ4n) is 6.95. The largest absolute Gasteiger partial charge is 0.368 e. The third kappa shape index (κ3) is 9.52. The van der Waals surface area contributed by atoms with Crippen molar-refractivity contribution in [2.45, 2.75) is 44.6 Å². The summed E-state index contributed by atoms with van der Waals surface area (Å²) < 4.78 is 0. The molecule has 0 saturated carbocycles. The molecule has 1 saturated heterocycles. The van der Waals surface area contributed by atoms with Crippen LogP contribution in [0.5, 0.6) is 0 Å². The number of fused-ring (bicyclic) bond motifs is 1. The van der Waals surface area contributed by atoms with Crippen molar-refractivity contribution in [3.8, 4) is 0 Å². The monoisotopic (exact) mass is 692 g/mol. The zero-order chi connectivity index (χ0) is 34.9. The SMILES string of the molecule is CN(C)CCN(Cc1ccccc1)Cc1ccccc1N1CCN(C(=O)[C@@H](Cc2ccc(Cl)cc2)NC(=O)[C@H]2Cc3ccccc3CN2)CC1. The summed E-state index contributed by atoms with van der Waals surface area (Å²) in [4.78, 5) is 36.9. The number of para-hydroxylation sites is 1. The molecule has 262 valence electrons. The molecule has 0 bridgehead atoms. The fraction of sp³-hybridized carbons (Fsp3) is 0.366. The molecule has 2 heterocycles. The van der Waals surface area contributed by atoms with Crippen LogP contribution < -0.4 is 15.5 Å². The van der Waals surface area contributed by atoms with Gasteiger partial charge in [0.2, 0.25) is 11.8 Å². The van der Waals surface area contributed by atoms with Gasteiger partial charge in [-0.05, 0) is 66.5 Å². The number of benzene rings is 4. The Labute approximate surface area is 302 Å². The van der Waals surface area contributed by atoms with Crippen molar-refractivity contribution >= 4 is 29.1 Å². The molecule has 0 aliphatic carbocycles. The van der Waals surface area contributed by atoms with E-state index in [0.29, 0.717) is 37.5 Å². The third-order valence-corrected chi connectivity index (χ3v) is 10.0. The number of carbonyl (C=O) groups excluding carboxylic acids is 2. The molecule has 2 N–H and O–H groups in total. The van der Waals surface area contributed by atoms with Crippen LogP contribution >= 0.6 is 11.6 Å². The molecule has 2 aliphatic heterocycles. The van der Waals surface area contributed by atoms with Crippen LogP contribution in [0.1, 0.15) is 27.8 Å². The first-order valence-electron chi connectivity index (χ1n) is 17.7. The van der Waals surface area contributed by atoms with E-state index in [1.807, 2.05) is 41.3 Å². The predicted octanol–water partition coefficient (Wildman–Crippen LogP) is 4.99. The number of carbonyl (C=O) groups is 2. The minimum absolute atomic E-state index is 0.0461. The number of amides is 2. The van der Waals surface area contributed by atoms with Crippen LogP contribution in [0.2, 0.25) is 5.02 Å². The normalized spacial score (nSPS) is 16.7. The summed E-state index contributed by atoms with van der Waals surface area (Å²) in [6, 6.07) is 34.0. The number of hydrogen-bond acceptors (Lipinski definition) is 6. The fourth-order valence-corrected chi connectivity index (χ4v) is 7.07.